The summed E-state index contributed by atoms with van der Waals surface area (Å²) in [6.45, 7) is 5.66. The molecule has 128 valence electrons. The first-order valence-electron chi connectivity index (χ1n) is 7.16. The molecule has 0 aromatic heterocycles. The number of hydrogen-bond acceptors (Lipinski definition) is 4. The maximum absolute atomic E-state index is 12.5. The van der Waals surface area contributed by atoms with E-state index in [4.69, 9.17) is 21.1 Å². The molecule has 0 saturated heterocycles. The molecule has 1 aromatic rings. The highest BCUT2D eigenvalue weighted by Crippen LogP contribution is 2.32. The van der Waals surface area contributed by atoms with Gasteiger partial charge in [0.15, 0.2) is 0 Å². The van der Waals surface area contributed by atoms with Crippen LogP contribution in [0.4, 0.5) is 5.69 Å². The minimum absolute atomic E-state index is 0.343. The van der Waals surface area contributed by atoms with Crippen molar-refractivity contribution in [3.05, 3.63) is 22.7 Å². The van der Waals surface area contributed by atoms with Crippen molar-refractivity contribution in [2.45, 2.75) is 20.8 Å². The number of rotatable bonds is 7. The molecule has 6 nitrogen and oxygen atoms in total. The first kappa shape index (κ1) is 19.3. The molecule has 0 saturated carbocycles. The number of halogens is 1. The number of nitrogens with one attached hydrogen (secondary N) is 2. The fourth-order valence-corrected chi connectivity index (χ4v) is 1.95. The summed E-state index contributed by atoms with van der Waals surface area (Å²) in [4.78, 5) is 24.6. The van der Waals surface area contributed by atoms with Crippen molar-refractivity contribution in [1.29, 1.82) is 0 Å². The number of anilines is 1. The van der Waals surface area contributed by atoms with Crippen molar-refractivity contribution >= 4 is 29.1 Å². The zero-order chi connectivity index (χ0) is 17.6. The molecule has 2 amide bonds. The van der Waals surface area contributed by atoms with Gasteiger partial charge in [0.05, 0.1) is 19.4 Å². The molecular weight excluding hydrogens is 320 g/mol. The van der Waals surface area contributed by atoms with Gasteiger partial charge in [0.2, 0.25) is 11.8 Å². The summed E-state index contributed by atoms with van der Waals surface area (Å²) in [7, 11) is 3.03. The van der Waals surface area contributed by atoms with Gasteiger partial charge in [-0.15, -0.1) is 0 Å². The Labute approximate surface area is 141 Å². The highest BCUT2D eigenvalue weighted by Gasteiger charge is 2.36. The summed E-state index contributed by atoms with van der Waals surface area (Å²) in [6, 6.07) is 3.33. The summed E-state index contributed by atoms with van der Waals surface area (Å²) >= 11 is 6.04. The molecule has 0 fully saturated rings. The van der Waals surface area contributed by atoms with Crippen LogP contribution in [0.1, 0.15) is 19.4 Å². The number of amides is 2. The van der Waals surface area contributed by atoms with Gasteiger partial charge < -0.3 is 20.1 Å². The van der Waals surface area contributed by atoms with Crippen LogP contribution in [0.5, 0.6) is 5.75 Å². The topological polar surface area (TPSA) is 76.7 Å². The van der Waals surface area contributed by atoms with Gasteiger partial charge in [-0.2, -0.15) is 0 Å². The molecule has 0 atom stereocenters. The molecular formula is C16H23ClN2O4. The predicted octanol–water partition coefficient (Wildman–Crippen LogP) is 2.38. The van der Waals surface area contributed by atoms with Crippen molar-refractivity contribution in [3.63, 3.8) is 0 Å². The van der Waals surface area contributed by atoms with E-state index < -0.39 is 11.3 Å². The van der Waals surface area contributed by atoms with Gasteiger partial charge in [-0.3, -0.25) is 9.59 Å². The van der Waals surface area contributed by atoms with Crippen molar-refractivity contribution < 1.29 is 19.1 Å². The zero-order valence-electron chi connectivity index (χ0n) is 14.1. The van der Waals surface area contributed by atoms with E-state index in [1.165, 1.54) is 7.11 Å². The molecule has 7 heteroatoms. The molecule has 1 aromatic carbocycles. The van der Waals surface area contributed by atoms with Crippen molar-refractivity contribution in [1.82, 2.24) is 5.32 Å². The fraction of sp³-hybridized carbons (Fsp3) is 0.500. The van der Waals surface area contributed by atoms with Gasteiger partial charge in [-0.1, -0.05) is 11.6 Å². The number of ether oxygens (including phenoxy) is 2. The summed E-state index contributed by atoms with van der Waals surface area (Å²) in [5.74, 6) is -0.381. The van der Waals surface area contributed by atoms with Crippen LogP contribution in [0.3, 0.4) is 0 Å². The molecule has 2 N–H and O–H groups in total. The highest BCUT2D eigenvalue weighted by atomic mass is 35.5. The Bertz CT molecular complexity index is 588. The molecule has 0 spiro atoms. The summed E-state index contributed by atoms with van der Waals surface area (Å²) in [5.41, 5.74) is 0.0222. The molecule has 0 unspecified atom stereocenters. The summed E-state index contributed by atoms with van der Waals surface area (Å²) in [6.07, 6.45) is 0. The number of carbonyl (C=O) groups excluding carboxylic acids is 2. The van der Waals surface area contributed by atoms with E-state index in [0.717, 1.165) is 5.56 Å². The molecule has 0 aliphatic rings. The van der Waals surface area contributed by atoms with Crippen molar-refractivity contribution in [3.8, 4) is 5.75 Å². The van der Waals surface area contributed by atoms with Crippen LogP contribution in [0.25, 0.3) is 0 Å². The van der Waals surface area contributed by atoms with Crippen LogP contribution in [-0.4, -0.2) is 39.2 Å². The second kappa shape index (κ2) is 8.17. The number of benzene rings is 1. The van der Waals surface area contributed by atoms with Crippen LogP contribution < -0.4 is 15.4 Å². The lowest BCUT2D eigenvalue weighted by atomic mass is 9.91. The van der Waals surface area contributed by atoms with Gasteiger partial charge >= 0.3 is 0 Å². The van der Waals surface area contributed by atoms with Gasteiger partial charge in [0, 0.05) is 24.7 Å². The zero-order valence-corrected chi connectivity index (χ0v) is 14.8. The normalized spacial score (nSPS) is 11.0. The minimum atomic E-state index is -1.24. The van der Waals surface area contributed by atoms with E-state index in [2.05, 4.69) is 10.6 Å². The third-order valence-corrected chi connectivity index (χ3v) is 3.86. The summed E-state index contributed by atoms with van der Waals surface area (Å²) < 4.78 is 10.1. The molecule has 23 heavy (non-hydrogen) atoms. The van der Waals surface area contributed by atoms with E-state index in [1.807, 2.05) is 6.92 Å². The third kappa shape index (κ3) is 4.84. The Balaban J connectivity index is 2.89. The standard InChI is InChI=1S/C16H23ClN2O4/c1-10-8-12(13(23-5)9-11(10)17)19-15(21)16(2,3)14(20)18-6-7-22-4/h8-9H,6-7H2,1-5H3,(H,18,20)(H,19,21). The van der Waals surface area contributed by atoms with Gasteiger partial charge in [0.25, 0.3) is 0 Å². The van der Waals surface area contributed by atoms with Crippen molar-refractivity contribution in [2.75, 3.05) is 32.7 Å². The first-order valence-corrected chi connectivity index (χ1v) is 7.54. The smallest absolute Gasteiger partial charge is 0.239 e. The average Bonchev–Trinajstić information content (AvgIpc) is 2.50. The molecule has 0 aliphatic carbocycles. The predicted molar refractivity (Wildman–Crippen MR) is 90.0 cm³/mol. The van der Waals surface area contributed by atoms with Crippen LogP contribution in [0.15, 0.2) is 12.1 Å². The van der Waals surface area contributed by atoms with E-state index in [1.54, 1.807) is 33.1 Å². The quantitative estimate of drug-likeness (QED) is 0.589. The van der Waals surface area contributed by atoms with Crippen LogP contribution in [-0.2, 0) is 14.3 Å². The molecule has 0 bridgehead atoms. The van der Waals surface area contributed by atoms with E-state index in [9.17, 15) is 9.59 Å². The third-order valence-electron chi connectivity index (χ3n) is 3.46. The Kier molecular flexibility index (Phi) is 6.84. The number of hydrogen-bond donors (Lipinski definition) is 2. The molecule has 0 aliphatic heterocycles. The maximum Gasteiger partial charge on any atom is 0.239 e. The second-order valence-corrected chi connectivity index (χ2v) is 6.04. The molecule has 0 heterocycles. The number of carbonyl (C=O) groups is 2. The van der Waals surface area contributed by atoms with Crippen LogP contribution in [0.2, 0.25) is 5.02 Å². The molecule has 0 radical (unpaired) electrons. The Morgan fingerprint density at radius 3 is 2.43 bits per heavy atom. The van der Waals surface area contributed by atoms with E-state index >= 15 is 0 Å². The Morgan fingerprint density at radius 1 is 1.22 bits per heavy atom. The maximum atomic E-state index is 12.5. The van der Waals surface area contributed by atoms with E-state index in [-0.39, 0.29) is 5.91 Å². The van der Waals surface area contributed by atoms with Gasteiger partial charge in [-0.05, 0) is 32.4 Å². The Morgan fingerprint density at radius 2 is 1.87 bits per heavy atom. The lowest BCUT2D eigenvalue weighted by Crippen LogP contribution is -2.46. The largest absolute Gasteiger partial charge is 0.495 e. The second-order valence-electron chi connectivity index (χ2n) is 5.63. The summed E-state index contributed by atoms with van der Waals surface area (Å²) in [5, 5.41) is 5.93. The lowest BCUT2D eigenvalue weighted by Gasteiger charge is -2.23. The number of aryl methyl sites for hydroxylation is 1. The highest BCUT2D eigenvalue weighted by molar-refractivity contribution is 6.31. The monoisotopic (exact) mass is 342 g/mol. The van der Waals surface area contributed by atoms with Gasteiger partial charge in [-0.25, -0.2) is 0 Å². The van der Waals surface area contributed by atoms with Crippen LogP contribution >= 0.6 is 11.6 Å². The first-order chi connectivity index (χ1) is 10.7. The molecule has 1 rings (SSSR count). The minimum Gasteiger partial charge on any atom is -0.495 e. The fourth-order valence-electron chi connectivity index (χ4n) is 1.80. The number of methoxy groups -OCH3 is 2. The van der Waals surface area contributed by atoms with Crippen molar-refractivity contribution in [2.24, 2.45) is 5.41 Å². The Hall–Kier alpha value is -1.79. The SMILES string of the molecule is COCCNC(=O)C(C)(C)C(=O)Nc1cc(C)c(Cl)cc1OC. The van der Waals surface area contributed by atoms with Gasteiger partial charge in [0.1, 0.15) is 11.2 Å². The lowest BCUT2D eigenvalue weighted by molar-refractivity contribution is -0.138. The average molecular weight is 343 g/mol. The van der Waals surface area contributed by atoms with E-state index in [0.29, 0.717) is 29.6 Å². The van der Waals surface area contributed by atoms with Crippen LogP contribution in [0, 0.1) is 12.3 Å².